The second-order valence-electron chi connectivity index (χ2n) is 7.27. The fourth-order valence-electron chi connectivity index (χ4n) is 2.68. The predicted octanol–water partition coefficient (Wildman–Crippen LogP) is 2.91. The first kappa shape index (κ1) is 22.6. The van der Waals surface area contributed by atoms with E-state index in [-0.39, 0.29) is 42.1 Å². The Labute approximate surface area is 175 Å². The number of nitrogens with zero attached hydrogens (tertiary/aromatic N) is 3. The van der Waals surface area contributed by atoms with Crippen LogP contribution in [0, 0.1) is 12.8 Å². The highest BCUT2D eigenvalue weighted by molar-refractivity contribution is 5.92. The lowest BCUT2D eigenvalue weighted by Crippen LogP contribution is -2.34. The van der Waals surface area contributed by atoms with Gasteiger partial charge in [0.1, 0.15) is 17.3 Å². The molecule has 7 nitrogen and oxygen atoms in total. The maximum atomic E-state index is 13.0. The van der Waals surface area contributed by atoms with Crippen LogP contribution in [0.4, 0.5) is 17.6 Å². The van der Waals surface area contributed by atoms with Crippen molar-refractivity contribution >= 4 is 11.7 Å². The lowest BCUT2D eigenvalue weighted by atomic mass is 10.2. The Morgan fingerprint density at radius 2 is 2.03 bits per heavy atom. The number of hydrogen-bond acceptors (Lipinski definition) is 6. The van der Waals surface area contributed by atoms with Gasteiger partial charge in [0, 0.05) is 30.4 Å². The van der Waals surface area contributed by atoms with E-state index >= 15 is 0 Å². The maximum Gasteiger partial charge on any atom is 0.340 e. The van der Waals surface area contributed by atoms with Crippen molar-refractivity contribution in [2.75, 3.05) is 6.61 Å². The molecule has 1 saturated carbocycles. The number of carbonyl (C=O) groups excluding carboxylic acids is 2. The fourth-order valence-corrected chi connectivity index (χ4v) is 2.68. The summed E-state index contributed by atoms with van der Waals surface area (Å²) in [6.07, 6.45) is 0.695. The number of carbonyl (C=O) groups is 2. The molecular weight excluding hydrogens is 420 g/mol. The number of aromatic nitrogens is 3. The van der Waals surface area contributed by atoms with Gasteiger partial charge in [0.25, 0.3) is 5.91 Å². The second kappa shape index (κ2) is 9.36. The highest BCUT2D eigenvalue weighted by Gasteiger charge is 2.42. The smallest absolute Gasteiger partial charge is 0.340 e. The second-order valence-corrected chi connectivity index (χ2v) is 7.27. The largest absolute Gasteiger partial charge is 0.471 e. The van der Waals surface area contributed by atoms with Crippen molar-refractivity contribution in [3.63, 3.8) is 0 Å². The zero-order chi connectivity index (χ0) is 22.6. The fraction of sp³-hybridized carbons (Fsp3) is 0.450. The predicted molar refractivity (Wildman–Crippen MR) is 100 cm³/mol. The zero-order valence-corrected chi connectivity index (χ0v) is 16.6. The van der Waals surface area contributed by atoms with Gasteiger partial charge in [-0.15, -0.1) is 0 Å². The molecule has 11 heteroatoms. The third-order valence-electron chi connectivity index (χ3n) is 4.56. The van der Waals surface area contributed by atoms with E-state index in [2.05, 4.69) is 20.3 Å². The molecule has 0 atom stereocenters. The van der Waals surface area contributed by atoms with Crippen LogP contribution < -0.4 is 10.1 Å². The summed E-state index contributed by atoms with van der Waals surface area (Å²) in [5, 5.41) is 2.63. The first-order chi connectivity index (χ1) is 14.7. The summed E-state index contributed by atoms with van der Waals surface area (Å²) < 4.78 is 55.1. The molecule has 0 aliphatic heterocycles. The van der Waals surface area contributed by atoms with Gasteiger partial charge >= 0.3 is 12.3 Å². The van der Waals surface area contributed by atoms with Crippen LogP contribution in [0.3, 0.4) is 0 Å². The van der Waals surface area contributed by atoms with E-state index in [0.29, 0.717) is 11.1 Å². The Morgan fingerprint density at radius 1 is 1.29 bits per heavy atom. The molecule has 1 fully saturated rings. The molecule has 31 heavy (non-hydrogen) atoms. The molecule has 0 saturated heterocycles. The zero-order valence-electron chi connectivity index (χ0n) is 16.6. The molecular formula is C20H20F4N4O3. The number of halogens is 4. The number of amides is 1. The number of ether oxygens (including phenoxy) is 1. The summed E-state index contributed by atoms with van der Waals surface area (Å²) in [4.78, 5) is 36.2. The van der Waals surface area contributed by atoms with Crippen LogP contribution in [0.15, 0.2) is 24.5 Å². The maximum absolute atomic E-state index is 13.0. The number of aryl methyl sites for hydroxylation is 1. The van der Waals surface area contributed by atoms with Crippen LogP contribution in [0.2, 0.25) is 0 Å². The molecule has 1 N–H and O–H groups in total. The molecule has 1 aliphatic carbocycles. The van der Waals surface area contributed by atoms with E-state index in [0.717, 1.165) is 12.8 Å². The summed E-state index contributed by atoms with van der Waals surface area (Å²) in [6, 6.07) is 2.95. The number of ketones is 1. The molecule has 2 aromatic heterocycles. The molecule has 0 spiro atoms. The summed E-state index contributed by atoms with van der Waals surface area (Å²) in [7, 11) is 0. The van der Waals surface area contributed by atoms with Crippen LogP contribution in [-0.4, -0.2) is 45.6 Å². The first-order valence-corrected chi connectivity index (χ1v) is 9.53. The monoisotopic (exact) mass is 440 g/mol. The minimum Gasteiger partial charge on any atom is -0.471 e. The topological polar surface area (TPSA) is 94.1 Å². The van der Waals surface area contributed by atoms with Crippen LogP contribution in [-0.2, 0) is 17.8 Å². The number of hydrogen-bond donors (Lipinski definition) is 1. The van der Waals surface area contributed by atoms with Crippen molar-refractivity contribution in [2.24, 2.45) is 5.92 Å². The van der Waals surface area contributed by atoms with Gasteiger partial charge < -0.3 is 10.1 Å². The summed E-state index contributed by atoms with van der Waals surface area (Å²) >= 11 is 0. The molecule has 3 rings (SSSR count). The average molecular weight is 440 g/mol. The molecule has 166 valence electrons. The normalized spacial score (nSPS) is 13.9. The number of Topliss-reactive ketones (excluding diaryl/α,β-unsaturated/α-hetero) is 1. The number of alkyl halides is 4. The molecule has 0 unspecified atom stereocenters. The van der Waals surface area contributed by atoms with E-state index in [1.807, 2.05) is 0 Å². The van der Waals surface area contributed by atoms with Crippen LogP contribution in [0.1, 0.15) is 40.3 Å². The Balaban J connectivity index is 1.55. The quantitative estimate of drug-likeness (QED) is 0.571. The Morgan fingerprint density at radius 3 is 2.68 bits per heavy atom. The number of pyridine rings is 1. The SMILES string of the molecule is Cc1cc(CNC(=O)c2ccnc(CC(=O)C3CC3)n2)cnc1OCC(F)(F)C(F)F. The third-order valence-corrected chi connectivity index (χ3v) is 4.56. The van der Waals surface area contributed by atoms with E-state index in [1.165, 1.54) is 31.5 Å². The molecule has 1 aliphatic rings. The van der Waals surface area contributed by atoms with Gasteiger partial charge in [-0.1, -0.05) is 0 Å². The molecule has 2 aromatic rings. The van der Waals surface area contributed by atoms with Crippen LogP contribution in [0.5, 0.6) is 5.88 Å². The molecule has 0 radical (unpaired) electrons. The van der Waals surface area contributed by atoms with E-state index in [4.69, 9.17) is 4.74 Å². The van der Waals surface area contributed by atoms with E-state index in [1.54, 1.807) is 0 Å². The molecule has 0 aromatic carbocycles. The number of nitrogens with one attached hydrogen (secondary N) is 1. The van der Waals surface area contributed by atoms with Crippen molar-refractivity contribution in [1.82, 2.24) is 20.3 Å². The minimum absolute atomic E-state index is 0.0560. The summed E-state index contributed by atoms with van der Waals surface area (Å²) in [5.41, 5.74) is 0.990. The first-order valence-electron chi connectivity index (χ1n) is 9.53. The van der Waals surface area contributed by atoms with E-state index in [9.17, 15) is 27.2 Å². The van der Waals surface area contributed by atoms with Gasteiger partial charge in [0.2, 0.25) is 5.88 Å². The van der Waals surface area contributed by atoms with Gasteiger partial charge in [-0.2, -0.15) is 8.78 Å². The highest BCUT2D eigenvalue weighted by atomic mass is 19.3. The van der Waals surface area contributed by atoms with Crippen molar-refractivity contribution < 1.29 is 31.9 Å². The van der Waals surface area contributed by atoms with Crippen LogP contribution >= 0.6 is 0 Å². The van der Waals surface area contributed by atoms with Crippen molar-refractivity contribution in [3.8, 4) is 5.88 Å². The van der Waals surface area contributed by atoms with E-state index < -0.39 is 24.9 Å². The van der Waals surface area contributed by atoms with Gasteiger partial charge in [0.05, 0.1) is 6.42 Å². The Kier molecular flexibility index (Phi) is 6.81. The Hall–Kier alpha value is -3.11. The summed E-state index contributed by atoms with van der Waals surface area (Å²) in [6.45, 7) is 0.0795. The summed E-state index contributed by atoms with van der Waals surface area (Å²) in [5.74, 6) is -4.55. The third kappa shape index (κ3) is 6.19. The molecule has 1 amide bonds. The Bertz CT molecular complexity index is 967. The van der Waals surface area contributed by atoms with Gasteiger partial charge in [-0.25, -0.2) is 23.7 Å². The van der Waals surface area contributed by atoms with Gasteiger partial charge in [-0.3, -0.25) is 9.59 Å². The number of rotatable bonds is 10. The standard InChI is InChI=1S/C20H20F4N4O3/c1-11-6-12(9-27-18(11)31-10-20(23,24)19(21)22)8-26-17(30)14-4-5-25-16(28-14)7-15(29)13-2-3-13/h4-6,9,13,19H,2-3,7-8,10H2,1H3,(H,26,30). The lowest BCUT2D eigenvalue weighted by Gasteiger charge is -2.16. The van der Waals surface area contributed by atoms with Crippen molar-refractivity contribution in [3.05, 3.63) is 47.2 Å². The van der Waals surface area contributed by atoms with Gasteiger partial charge in [0.15, 0.2) is 6.61 Å². The molecule has 0 bridgehead atoms. The van der Waals surface area contributed by atoms with Crippen molar-refractivity contribution in [1.29, 1.82) is 0 Å². The van der Waals surface area contributed by atoms with Gasteiger partial charge in [-0.05, 0) is 37.5 Å². The highest BCUT2D eigenvalue weighted by Crippen LogP contribution is 2.30. The minimum atomic E-state index is -4.28. The van der Waals surface area contributed by atoms with Crippen molar-refractivity contribution in [2.45, 2.75) is 45.1 Å². The average Bonchev–Trinajstić information content (AvgIpc) is 3.57. The lowest BCUT2D eigenvalue weighted by molar-refractivity contribution is -0.148. The molecule has 2 heterocycles. The van der Waals surface area contributed by atoms with Crippen LogP contribution in [0.25, 0.3) is 0 Å².